The molecule has 0 radical (unpaired) electrons. The number of furan rings is 1. The molecule has 8 atom stereocenters. The van der Waals surface area contributed by atoms with Gasteiger partial charge in [0.1, 0.15) is 17.8 Å². The van der Waals surface area contributed by atoms with E-state index in [1.54, 1.807) is 25.5 Å². The number of rotatable bonds is 3. The van der Waals surface area contributed by atoms with Crippen LogP contribution in [0.25, 0.3) is 0 Å². The van der Waals surface area contributed by atoms with E-state index in [0.717, 1.165) is 18.4 Å². The van der Waals surface area contributed by atoms with Gasteiger partial charge in [-0.25, -0.2) is 4.79 Å². The fraction of sp³-hybridized carbons (Fsp3) is 0.680. The van der Waals surface area contributed by atoms with Crippen molar-refractivity contribution in [3.05, 3.63) is 35.8 Å². The predicted molar refractivity (Wildman–Crippen MR) is 112 cm³/mol. The first kappa shape index (κ1) is 20.8. The quantitative estimate of drug-likeness (QED) is 0.393. The molecule has 0 bridgehead atoms. The average molecular weight is 429 g/mol. The standard InChI is InChI=1S/C25H32O6/c1-6-14(2)21(26)30-20-11-15(3)25(12-17(29-22(25)27)16-9-10-28-13-16)18-7-8-19-24(5,31-19)23(18,20)4/h6,9-10,13,15,17-20H,7-8,11-12H2,1-5H3/t15-,17-,18+,19-,20-,23-,24-,25-/m1/s1. The van der Waals surface area contributed by atoms with Crippen LogP contribution in [0.15, 0.2) is 34.7 Å². The highest BCUT2D eigenvalue weighted by Gasteiger charge is 2.78. The van der Waals surface area contributed by atoms with E-state index in [-0.39, 0.29) is 42.1 Å². The molecule has 0 N–H and O–H groups in total. The number of ether oxygens (including phenoxy) is 3. The van der Waals surface area contributed by atoms with Crippen LogP contribution in [-0.4, -0.2) is 29.7 Å². The van der Waals surface area contributed by atoms with Crippen molar-refractivity contribution in [1.82, 2.24) is 0 Å². The van der Waals surface area contributed by atoms with Gasteiger partial charge in [0.2, 0.25) is 0 Å². The zero-order valence-electron chi connectivity index (χ0n) is 19.0. The molecular weight excluding hydrogens is 396 g/mol. The fourth-order valence-corrected chi connectivity index (χ4v) is 7.00. The van der Waals surface area contributed by atoms with E-state index in [0.29, 0.717) is 18.4 Å². The van der Waals surface area contributed by atoms with Gasteiger partial charge in [-0.1, -0.05) is 19.9 Å². The molecule has 6 heteroatoms. The third kappa shape index (κ3) is 2.60. The number of carbonyl (C=O) groups excluding carboxylic acids is 2. The number of cyclic esters (lactones) is 1. The highest BCUT2D eigenvalue weighted by molar-refractivity contribution is 5.88. The lowest BCUT2D eigenvalue weighted by Crippen LogP contribution is -2.65. The summed E-state index contributed by atoms with van der Waals surface area (Å²) in [5.41, 5.74) is 0.0267. The van der Waals surface area contributed by atoms with Crippen molar-refractivity contribution in [2.24, 2.45) is 22.7 Å². The normalized spacial score (nSPS) is 46.3. The molecule has 0 unspecified atom stereocenters. The van der Waals surface area contributed by atoms with E-state index in [1.807, 2.05) is 13.0 Å². The number of hydrogen-bond donors (Lipinski definition) is 0. The van der Waals surface area contributed by atoms with Gasteiger partial charge in [-0.3, -0.25) is 4.79 Å². The Morgan fingerprint density at radius 2 is 2.06 bits per heavy atom. The molecule has 168 valence electrons. The van der Waals surface area contributed by atoms with E-state index in [1.165, 1.54) is 0 Å². The van der Waals surface area contributed by atoms with Crippen LogP contribution in [0.1, 0.15) is 72.0 Å². The first-order chi connectivity index (χ1) is 14.7. The first-order valence-corrected chi connectivity index (χ1v) is 11.4. The summed E-state index contributed by atoms with van der Waals surface area (Å²) in [5, 5.41) is 0. The van der Waals surface area contributed by atoms with Crippen LogP contribution in [0.4, 0.5) is 0 Å². The Bertz CT molecular complexity index is 934. The third-order valence-electron chi connectivity index (χ3n) is 9.26. The molecule has 6 nitrogen and oxygen atoms in total. The minimum atomic E-state index is -0.616. The van der Waals surface area contributed by atoms with Crippen molar-refractivity contribution in [1.29, 1.82) is 0 Å². The monoisotopic (exact) mass is 428 g/mol. The van der Waals surface area contributed by atoms with Gasteiger partial charge >= 0.3 is 11.9 Å². The minimum absolute atomic E-state index is 0.0145. The number of hydrogen-bond acceptors (Lipinski definition) is 6. The molecule has 5 rings (SSSR count). The van der Waals surface area contributed by atoms with Crippen LogP contribution in [0.3, 0.4) is 0 Å². The summed E-state index contributed by atoms with van der Waals surface area (Å²) in [6.45, 7) is 10.0. The van der Waals surface area contributed by atoms with Crippen LogP contribution in [0.5, 0.6) is 0 Å². The van der Waals surface area contributed by atoms with Crippen LogP contribution >= 0.6 is 0 Å². The molecule has 0 aromatic carbocycles. The molecule has 2 aliphatic carbocycles. The highest BCUT2D eigenvalue weighted by Crippen LogP contribution is 2.72. The Morgan fingerprint density at radius 3 is 2.74 bits per heavy atom. The average Bonchev–Trinajstić information content (AvgIpc) is 3.09. The zero-order valence-corrected chi connectivity index (χ0v) is 19.0. The molecule has 4 aliphatic rings. The van der Waals surface area contributed by atoms with Gasteiger partial charge in [-0.15, -0.1) is 0 Å². The number of epoxide rings is 1. The van der Waals surface area contributed by atoms with E-state index >= 15 is 0 Å². The van der Waals surface area contributed by atoms with Gasteiger partial charge in [-0.05, 0) is 57.9 Å². The Kier molecular flexibility index (Phi) is 4.50. The molecule has 31 heavy (non-hydrogen) atoms. The largest absolute Gasteiger partial charge is 0.472 e. The summed E-state index contributed by atoms with van der Waals surface area (Å²) >= 11 is 0. The smallest absolute Gasteiger partial charge is 0.333 e. The number of fused-ring (bicyclic) bond motifs is 4. The van der Waals surface area contributed by atoms with E-state index in [2.05, 4.69) is 20.8 Å². The lowest BCUT2D eigenvalue weighted by atomic mass is 9.43. The molecule has 1 aromatic heterocycles. The molecule has 1 spiro atoms. The second-order valence-electron chi connectivity index (χ2n) is 10.3. The van der Waals surface area contributed by atoms with E-state index in [4.69, 9.17) is 18.6 Å². The van der Waals surface area contributed by atoms with Crippen molar-refractivity contribution >= 4 is 11.9 Å². The zero-order chi connectivity index (χ0) is 22.2. The summed E-state index contributed by atoms with van der Waals surface area (Å²) in [6, 6.07) is 1.87. The van der Waals surface area contributed by atoms with E-state index < -0.39 is 16.4 Å². The molecule has 4 fully saturated rings. The summed E-state index contributed by atoms with van der Waals surface area (Å²) in [5.74, 6) is -0.370. The molecule has 1 aromatic rings. The summed E-state index contributed by atoms with van der Waals surface area (Å²) < 4.78 is 23.6. The molecule has 3 heterocycles. The Balaban J connectivity index is 1.55. The van der Waals surface area contributed by atoms with Gasteiger partial charge in [0.25, 0.3) is 0 Å². The topological polar surface area (TPSA) is 78.3 Å². The lowest BCUT2D eigenvalue weighted by molar-refractivity contribution is -0.201. The fourth-order valence-electron chi connectivity index (χ4n) is 7.00. The van der Waals surface area contributed by atoms with Gasteiger partial charge in [0, 0.05) is 23.0 Å². The van der Waals surface area contributed by atoms with Crippen molar-refractivity contribution in [2.75, 3.05) is 0 Å². The molecule has 0 amide bonds. The molecule has 2 saturated carbocycles. The second-order valence-corrected chi connectivity index (χ2v) is 10.3. The number of allylic oxidation sites excluding steroid dienone is 1. The Labute approximate surface area is 183 Å². The molecule has 2 aliphatic heterocycles. The van der Waals surface area contributed by atoms with Crippen molar-refractivity contribution in [3.8, 4) is 0 Å². The predicted octanol–water partition coefficient (Wildman–Crippen LogP) is 4.75. The van der Waals surface area contributed by atoms with Gasteiger partial charge in [0.15, 0.2) is 0 Å². The molecular formula is C25H32O6. The Hall–Kier alpha value is -2.08. The van der Waals surface area contributed by atoms with Crippen LogP contribution in [0.2, 0.25) is 0 Å². The lowest BCUT2D eigenvalue weighted by Gasteiger charge is -2.59. The third-order valence-corrected chi connectivity index (χ3v) is 9.26. The van der Waals surface area contributed by atoms with Crippen LogP contribution in [0, 0.1) is 22.7 Å². The second kappa shape index (κ2) is 6.71. The van der Waals surface area contributed by atoms with Crippen LogP contribution in [-0.2, 0) is 23.8 Å². The maximum Gasteiger partial charge on any atom is 0.333 e. The van der Waals surface area contributed by atoms with Gasteiger partial charge < -0.3 is 18.6 Å². The first-order valence-electron chi connectivity index (χ1n) is 11.4. The highest BCUT2D eigenvalue weighted by atomic mass is 16.6. The van der Waals surface area contributed by atoms with Crippen molar-refractivity contribution < 1.29 is 28.2 Å². The molecule has 2 saturated heterocycles. The maximum absolute atomic E-state index is 13.6. The van der Waals surface area contributed by atoms with Gasteiger partial charge in [-0.2, -0.15) is 0 Å². The SMILES string of the molecule is CC=C(C)C(=O)O[C@@H]1C[C@@H](C)[C@]2(C[C@H](c3ccoc3)OC2=O)[C@H]2CC[C@H]3O[C@@]3(C)[C@]21C. The Morgan fingerprint density at radius 1 is 1.29 bits per heavy atom. The van der Waals surface area contributed by atoms with E-state index in [9.17, 15) is 9.59 Å². The summed E-state index contributed by atoms with van der Waals surface area (Å²) in [4.78, 5) is 26.3. The van der Waals surface area contributed by atoms with Crippen molar-refractivity contribution in [2.45, 2.75) is 84.2 Å². The summed E-state index contributed by atoms with van der Waals surface area (Å²) in [6.07, 6.45) is 7.64. The van der Waals surface area contributed by atoms with Crippen molar-refractivity contribution in [3.63, 3.8) is 0 Å². The number of carbonyl (C=O) groups is 2. The number of esters is 2. The van der Waals surface area contributed by atoms with Crippen LogP contribution < -0.4 is 0 Å². The maximum atomic E-state index is 13.6. The van der Waals surface area contributed by atoms with Gasteiger partial charge in [0.05, 0.1) is 24.0 Å². The minimum Gasteiger partial charge on any atom is -0.472 e. The summed E-state index contributed by atoms with van der Waals surface area (Å²) in [7, 11) is 0.